The lowest BCUT2D eigenvalue weighted by atomic mass is 10.1. The summed E-state index contributed by atoms with van der Waals surface area (Å²) < 4.78 is 55.9. The second-order valence-electron chi connectivity index (χ2n) is 6.58. The topological polar surface area (TPSA) is 85.6 Å². The van der Waals surface area contributed by atoms with Crippen LogP contribution in [0.4, 0.5) is 13.2 Å². The van der Waals surface area contributed by atoms with Crippen molar-refractivity contribution >= 4 is 35.3 Å². The molecule has 5 nitrogen and oxygen atoms in total. The molecule has 0 fully saturated rings. The van der Waals surface area contributed by atoms with E-state index in [1.807, 2.05) is 0 Å². The number of rotatable bonds is 5. The van der Waals surface area contributed by atoms with E-state index in [9.17, 15) is 27.6 Å². The predicted molar refractivity (Wildman–Crippen MR) is 102 cm³/mol. The Morgan fingerprint density at radius 1 is 1.25 bits per heavy atom. The van der Waals surface area contributed by atoms with E-state index in [4.69, 9.17) is 0 Å². The third kappa shape index (κ3) is 5.49. The Morgan fingerprint density at radius 2 is 1.93 bits per heavy atom. The molecule has 0 radical (unpaired) electrons. The number of nitrogens with zero attached hydrogens (tertiary/aromatic N) is 2. The average molecular weight is 430 g/mol. The molecule has 0 aliphatic rings. The van der Waals surface area contributed by atoms with Gasteiger partial charge in [0, 0.05) is 16.7 Å². The van der Waals surface area contributed by atoms with Crippen LogP contribution in [0.5, 0.6) is 0 Å². The highest BCUT2D eigenvalue weighted by molar-refractivity contribution is 7.99. The first-order chi connectivity index (χ1) is 12.9. The van der Waals surface area contributed by atoms with Crippen molar-refractivity contribution < 1.29 is 27.6 Å². The zero-order valence-electron chi connectivity index (χ0n) is 15.1. The SMILES string of the molecule is CC(C)(C)[S+]([O-])N=Cc1cccc(C(F)(F)F)c1Sc1ncccc1C(=O)O. The summed E-state index contributed by atoms with van der Waals surface area (Å²) in [5.74, 6) is -1.30. The van der Waals surface area contributed by atoms with Crippen LogP contribution >= 0.6 is 11.8 Å². The Bertz CT molecular complexity index is 896. The van der Waals surface area contributed by atoms with E-state index in [1.54, 1.807) is 20.8 Å². The van der Waals surface area contributed by atoms with Crippen molar-refractivity contribution in [2.75, 3.05) is 0 Å². The lowest BCUT2D eigenvalue weighted by Gasteiger charge is -2.18. The van der Waals surface area contributed by atoms with E-state index in [1.165, 1.54) is 30.5 Å². The van der Waals surface area contributed by atoms with E-state index in [0.717, 1.165) is 12.3 Å². The number of aromatic carboxylic acids is 1. The van der Waals surface area contributed by atoms with Crippen molar-refractivity contribution in [3.05, 3.63) is 53.2 Å². The molecule has 0 saturated carbocycles. The number of benzene rings is 1. The third-order valence-electron chi connectivity index (χ3n) is 3.36. The minimum Gasteiger partial charge on any atom is -0.591 e. The molecule has 2 rings (SSSR count). The van der Waals surface area contributed by atoms with Crippen molar-refractivity contribution in [3.63, 3.8) is 0 Å². The van der Waals surface area contributed by atoms with Crippen LogP contribution in [0, 0.1) is 0 Å². The first-order valence-electron chi connectivity index (χ1n) is 7.93. The molecule has 0 amide bonds. The molecule has 0 spiro atoms. The fourth-order valence-electron chi connectivity index (χ4n) is 1.99. The van der Waals surface area contributed by atoms with Gasteiger partial charge in [-0.25, -0.2) is 9.78 Å². The van der Waals surface area contributed by atoms with Gasteiger partial charge in [0.1, 0.15) is 21.1 Å². The summed E-state index contributed by atoms with van der Waals surface area (Å²) >= 11 is -1.08. The van der Waals surface area contributed by atoms with E-state index < -0.39 is 33.8 Å². The molecule has 0 saturated heterocycles. The lowest BCUT2D eigenvalue weighted by Crippen LogP contribution is -2.25. The van der Waals surface area contributed by atoms with Crippen LogP contribution in [0.1, 0.15) is 42.3 Å². The maximum absolute atomic E-state index is 13.5. The summed E-state index contributed by atoms with van der Waals surface area (Å²) in [4.78, 5) is 15.0. The second-order valence-corrected chi connectivity index (χ2v) is 9.51. The predicted octanol–water partition coefficient (Wildman–Crippen LogP) is 4.83. The molecule has 1 unspecified atom stereocenters. The molecule has 1 aromatic heterocycles. The monoisotopic (exact) mass is 430 g/mol. The third-order valence-corrected chi connectivity index (χ3v) is 5.89. The van der Waals surface area contributed by atoms with Crippen LogP contribution in [0.3, 0.4) is 0 Å². The van der Waals surface area contributed by atoms with Gasteiger partial charge >= 0.3 is 12.1 Å². The van der Waals surface area contributed by atoms with Crippen LogP contribution in [-0.2, 0) is 17.5 Å². The lowest BCUT2D eigenvalue weighted by molar-refractivity contribution is -0.139. The standard InChI is InChI=1S/C18H17F3N2O3S2/c1-17(2,3)28(26)23-10-11-6-4-8-13(18(19,20)21)14(11)27-15-12(16(24)25)7-5-9-22-15/h4-10H,1-3H3,(H,24,25). The van der Waals surface area contributed by atoms with Gasteiger partial charge in [0.15, 0.2) is 0 Å². The van der Waals surface area contributed by atoms with Gasteiger partial charge in [-0.15, -0.1) is 0 Å². The van der Waals surface area contributed by atoms with E-state index >= 15 is 0 Å². The smallest absolute Gasteiger partial charge is 0.417 e. The summed E-state index contributed by atoms with van der Waals surface area (Å²) in [6, 6.07) is 6.15. The maximum Gasteiger partial charge on any atom is 0.417 e. The highest BCUT2D eigenvalue weighted by atomic mass is 32.2. The van der Waals surface area contributed by atoms with Gasteiger partial charge in [0.05, 0.1) is 17.3 Å². The number of carbonyl (C=O) groups is 1. The molecule has 1 N–H and O–H groups in total. The van der Waals surface area contributed by atoms with Crippen molar-refractivity contribution in [3.8, 4) is 0 Å². The summed E-state index contributed by atoms with van der Waals surface area (Å²) in [5, 5.41) is 9.18. The van der Waals surface area contributed by atoms with Gasteiger partial charge in [0.25, 0.3) is 0 Å². The molecule has 1 atom stereocenters. The molecular formula is C18H17F3N2O3S2. The molecule has 0 bridgehead atoms. The van der Waals surface area contributed by atoms with Crippen molar-refractivity contribution in [2.24, 2.45) is 4.40 Å². The summed E-state index contributed by atoms with van der Waals surface area (Å²) in [5.41, 5.74) is -1.10. The van der Waals surface area contributed by atoms with Crippen molar-refractivity contribution in [2.45, 2.75) is 41.6 Å². The minimum atomic E-state index is -4.67. The first kappa shape index (κ1) is 22.3. The zero-order valence-corrected chi connectivity index (χ0v) is 16.8. The summed E-state index contributed by atoms with van der Waals surface area (Å²) in [6.45, 7) is 5.07. The first-order valence-corrected chi connectivity index (χ1v) is 9.86. The van der Waals surface area contributed by atoms with Crippen LogP contribution in [-0.4, -0.2) is 31.6 Å². The molecule has 2 aromatic rings. The highest BCUT2D eigenvalue weighted by Crippen LogP contribution is 2.41. The van der Waals surface area contributed by atoms with Gasteiger partial charge in [-0.2, -0.15) is 13.2 Å². The normalized spacial score (nSPS) is 13.7. The number of carboxylic acids is 1. The number of aromatic nitrogens is 1. The quantitative estimate of drug-likeness (QED) is 0.542. The summed E-state index contributed by atoms with van der Waals surface area (Å²) in [6.07, 6.45) is -2.26. The fourth-order valence-corrected chi connectivity index (χ4v) is 3.62. The number of halogens is 3. The van der Waals surface area contributed by atoms with Gasteiger partial charge < -0.3 is 9.66 Å². The average Bonchev–Trinajstić information content (AvgIpc) is 2.58. The minimum absolute atomic E-state index is 0.0689. The molecule has 28 heavy (non-hydrogen) atoms. The summed E-state index contributed by atoms with van der Waals surface area (Å²) in [7, 11) is 0. The van der Waals surface area contributed by atoms with Gasteiger partial charge in [-0.05, 0) is 39.0 Å². The largest absolute Gasteiger partial charge is 0.591 e. The Labute approximate surface area is 167 Å². The van der Waals surface area contributed by atoms with E-state index in [-0.39, 0.29) is 21.0 Å². The Balaban J connectivity index is 2.58. The van der Waals surface area contributed by atoms with Gasteiger partial charge in [-0.1, -0.05) is 28.3 Å². The Morgan fingerprint density at radius 3 is 2.50 bits per heavy atom. The van der Waals surface area contributed by atoms with Crippen molar-refractivity contribution in [1.29, 1.82) is 0 Å². The number of carboxylic acid groups (broad SMARTS) is 1. The van der Waals surface area contributed by atoms with Gasteiger partial charge in [-0.3, -0.25) is 0 Å². The van der Waals surface area contributed by atoms with Crippen LogP contribution < -0.4 is 0 Å². The zero-order chi connectivity index (χ0) is 21.1. The number of hydrogen-bond acceptors (Lipinski definition) is 5. The van der Waals surface area contributed by atoms with Gasteiger partial charge in [0.2, 0.25) is 0 Å². The maximum atomic E-state index is 13.5. The number of alkyl halides is 3. The molecule has 1 heterocycles. The number of hydrogen-bond donors (Lipinski definition) is 1. The van der Waals surface area contributed by atoms with Crippen LogP contribution in [0.2, 0.25) is 0 Å². The highest BCUT2D eigenvalue weighted by Gasteiger charge is 2.35. The van der Waals surface area contributed by atoms with E-state index in [0.29, 0.717) is 11.8 Å². The molecular weight excluding hydrogens is 413 g/mol. The molecule has 1 aromatic carbocycles. The molecule has 0 aliphatic heterocycles. The fraction of sp³-hybridized carbons (Fsp3) is 0.278. The van der Waals surface area contributed by atoms with Crippen LogP contribution in [0.25, 0.3) is 0 Å². The second kappa shape index (κ2) is 8.54. The Kier molecular flexibility index (Phi) is 6.79. The molecule has 0 aliphatic carbocycles. The Hall–Kier alpha value is -2.04. The number of pyridine rings is 1. The molecule has 150 valence electrons. The van der Waals surface area contributed by atoms with E-state index in [2.05, 4.69) is 9.38 Å². The molecule has 10 heteroatoms. The van der Waals surface area contributed by atoms with Crippen molar-refractivity contribution in [1.82, 2.24) is 4.98 Å². The van der Waals surface area contributed by atoms with Crippen LogP contribution in [0.15, 0.2) is 50.8 Å².